The van der Waals surface area contributed by atoms with Gasteiger partial charge in [-0.25, -0.2) is 4.98 Å². The molecular formula is C11H13NO2. The zero-order chi connectivity index (χ0) is 9.97. The minimum absolute atomic E-state index is 0.459. The summed E-state index contributed by atoms with van der Waals surface area (Å²) in [5, 5.41) is 0. The van der Waals surface area contributed by atoms with Crippen LogP contribution in [0.4, 0.5) is 0 Å². The molecule has 0 radical (unpaired) electrons. The number of nitrogens with zero attached hydrogens (tertiary/aromatic N) is 1. The lowest BCUT2D eigenvalue weighted by molar-refractivity contribution is 0.111. The van der Waals surface area contributed by atoms with Gasteiger partial charge in [0.25, 0.3) is 0 Å². The van der Waals surface area contributed by atoms with E-state index in [2.05, 4.69) is 4.98 Å². The summed E-state index contributed by atoms with van der Waals surface area (Å²) in [6.07, 6.45) is 5.22. The molecule has 0 atom stereocenters. The molecule has 0 aliphatic heterocycles. The number of pyridine rings is 1. The van der Waals surface area contributed by atoms with Crippen molar-refractivity contribution in [3.63, 3.8) is 0 Å². The van der Waals surface area contributed by atoms with Crippen LogP contribution in [-0.4, -0.2) is 18.4 Å². The molecule has 0 N–H and O–H groups in total. The van der Waals surface area contributed by atoms with E-state index < -0.39 is 0 Å². The van der Waals surface area contributed by atoms with Crippen molar-refractivity contribution in [1.82, 2.24) is 4.98 Å². The van der Waals surface area contributed by atoms with Crippen LogP contribution in [0.2, 0.25) is 0 Å². The lowest BCUT2D eigenvalue weighted by Crippen LogP contribution is -2.08. The Bertz CT molecular complexity index is 361. The van der Waals surface area contributed by atoms with Crippen molar-refractivity contribution in [2.75, 3.05) is 7.11 Å². The van der Waals surface area contributed by atoms with Crippen LogP contribution in [-0.2, 0) is 12.8 Å². The summed E-state index contributed by atoms with van der Waals surface area (Å²) in [6, 6.07) is 1.91. The van der Waals surface area contributed by atoms with Crippen molar-refractivity contribution in [2.45, 2.75) is 25.7 Å². The molecule has 0 fully saturated rings. The maximum atomic E-state index is 10.8. The van der Waals surface area contributed by atoms with Crippen molar-refractivity contribution in [2.24, 2.45) is 0 Å². The van der Waals surface area contributed by atoms with E-state index in [1.807, 2.05) is 6.07 Å². The molecule has 1 aromatic heterocycles. The summed E-state index contributed by atoms with van der Waals surface area (Å²) in [4.78, 5) is 15.1. The Balaban J connectivity index is 2.48. The lowest BCUT2D eigenvalue weighted by Gasteiger charge is -2.16. The van der Waals surface area contributed by atoms with E-state index in [4.69, 9.17) is 4.74 Å². The van der Waals surface area contributed by atoms with E-state index in [9.17, 15) is 4.79 Å². The molecule has 74 valence electrons. The van der Waals surface area contributed by atoms with Crippen LogP contribution in [0.25, 0.3) is 0 Å². The molecule has 0 unspecified atom stereocenters. The number of carbonyl (C=O) groups excluding carboxylic acids is 1. The first kappa shape index (κ1) is 9.19. The highest BCUT2D eigenvalue weighted by Crippen LogP contribution is 2.24. The molecule has 3 nitrogen and oxygen atoms in total. The highest BCUT2D eigenvalue weighted by molar-refractivity contribution is 5.78. The Morgan fingerprint density at radius 2 is 2.21 bits per heavy atom. The first-order valence-corrected chi connectivity index (χ1v) is 4.87. The topological polar surface area (TPSA) is 39.2 Å². The molecule has 2 rings (SSSR count). The molecular weight excluding hydrogens is 178 g/mol. The Kier molecular flexibility index (Phi) is 2.48. The second-order valence-corrected chi connectivity index (χ2v) is 3.52. The van der Waals surface area contributed by atoms with Gasteiger partial charge in [-0.3, -0.25) is 4.79 Å². The maximum absolute atomic E-state index is 10.8. The molecule has 0 saturated heterocycles. The first-order valence-electron chi connectivity index (χ1n) is 4.87. The monoisotopic (exact) mass is 191 g/mol. The van der Waals surface area contributed by atoms with E-state index in [-0.39, 0.29) is 0 Å². The highest BCUT2D eigenvalue weighted by Gasteiger charge is 2.14. The third-order valence-electron chi connectivity index (χ3n) is 2.61. The fourth-order valence-electron chi connectivity index (χ4n) is 1.88. The predicted molar refractivity (Wildman–Crippen MR) is 52.8 cm³/mol. The Hall–Kier alpha value is -1.38. The van der Waals surface area contributed by atoms with E-state index in [1.165, 1.54) is 18.4 Å². The number of methoxy groups -OCH3 is 1. The quantitative estimate of drug-likeness (QED) is 0.669. The van der Waals surface area contributed by atoms with E-state index >= 15 is 0 Å². The largest absolute Gasteiger partial charge is 0.480 e. The molecule has 1 aliphatic rings. The number of ether oxygens (including phenoxy) is 1. The molecule has 0 aromatic carbocycles. The van der Waals surface area contributed by atoms with Crippen molar-refractivity contribution in [3.8, 4) is 5.88 Å². The molecule has 0 amide bonds. The summed E-state index contributed by atoms with van der Waals surface area (Å²) in [5.74, 6) is 0.459. The van der Waals surface area contributed by atoms with Gasteiger partial charge >= 0.3 is 0 Å². The zero-order valence-corrected chi connectivity index (χ0v) is 8.25. The molecule has 1 heterocycles. The smallest absolute Gasteiger partial charge is 0.224 e. The third kappa shape index (κ3) is 1.50. The van der Waals surface area contributed by atoms with Crippen molar-refractivity contribution in [1.29, 1.82) is 0 Å². The highest BCUT2D eigenvalue weighted by atomic mass is 16.5. The number of carbonyl (C=O) groups is 1. The summed E-state index contributed by atoms with van der Waals surface area (Å²) in [6.45, 7) is 0. The van der Waals surface area contributed by atoms with Gasteiger partial charge in [-0.1, -0.05) is 0 Å². The van der Waals surface area contributed by atoms with Gasteiger partial charge in [-0.15, -0.1) is 0 Å². The first-order chi connectivity index (χ1) is 6.85. The van der Waals surface area contributed by atoms with Crippen molar-refractivity contribution < 1.29 is 9.53 Å². The van der Waals surface area contributed by atoms with Crippen LogP contribution in [0.15, 0.2) is 6.07 Å². The molecule has 14 heavy (non-hydrogen) atoms. The molecule has 1 aromatic rings. The summed E-state index contributed by atoms with van der Waals surface area (Å²) in [5.41, 5.74) is 2.87. The number of aldehydes is 1. The van der Waals surface area contributed by atoms with Crippen molar-refractivity contribution >= 4 is 6.29 Å². The van der Waals surface area contributed by atoms with Gasteiger partial charge in [0.2, 0.25) is 5.88 Å². The van der Waals surface area contributed by atoms with Crippen LogP contribution < -0.4 is 4.74 Å². The van der Waals surface area contributed by atoms with Gasteiger partial charge in [0.15, 0.2) is 6.29 Å². The zero-order valence-electron chi connectivity index (χ0n) is 8.25. The lowest BCUT2D eigenvalue weighted by atomic mass is 9.95. The number of hydrogen-bond acceptors (Lipinski definition) is 3. The Morgan fingerprint density at radius 3 is 2.93 bits per heavy atom. The van der Waals surface area contributed by atoms with Gasteiger partial charge < -0.3 is 4.74 Å². The number of rotatable bonds is 2. The summed E-state index contributed by atoms with van der Waals surface area (Å²) >= 11 is 0. The maximum Gasteiger partial charge on any atom is 0.224 e. The van der Waals surface area contributed by atoms with Crippen LogP contribution >= 0.6 is 0 Å². The second-order valence-electron chi connectivity index (χ2n) is 3.52. The van der Waals surface area contributed by atoms with Crippen LogP contribution in [0.1, 0.15) is 34.5 Å². The number of fused-ring (bicyclic) bond motifs is 1. The Labute approximate surface area is 83.1 Å². The average molecular weight is 191 g/mol. The molecule has 0 spiro atoms. The summed E-state index contributed by atoms with van der Waals surface area (Å²) < 4.78 is 5.06. The standard InChI is InChI=1S/C11H13NO2/c1-14-11-9(7-13)6-8-4-2-3-5-10(8)12-11/h6-7H,2-5H2,1H3. The molecule has 3 heteroatoms. The predicted octanol–water partition coefficient (Wildman–Crippen LogP) is 1.78. The minimum atomic E-state index is 0.459. The number of aryl methyl sites for hydroxylation is 2. The van der Waals surface area contributed by atoms with Crippen LogP contribution in [0, 0.1) is 0 Å². The van der Waals surface area contributed by atoms with Crippen LogP contribution in [0.3, 0.4) is 0 Å². The van der Waals surface area contributed by atoms with Gasteiger partial charge in [0, 0.05) is 5.69 Å². The number of hydrogen-bond donors (Lipinski definition) is 0. The van der Waals surface area contributed by atoms with Crippen LogP contribution in [0.5, 0.6) is 5.88 Å². The number of aromatic nitrogens is 1. The average Bonchev–Trinajstić information content (AvgIpc) is 2.27. The fourth-order valence-corrected chi connectivity index (χ4v) is 1.88. The van der Waals surface area contributed by atoms with E-state index in [1.54, 1.807) is 7.11 Å². The van der Waals surface area contributed by atoms with Gasteiger partial charge in [0.05, 0.1) is 12.7 Å². The fraction of sp³-hybridized carbons (Fsp3) is 0.455. The van der Waals surface area contributed by atoms with E-state index in [0.717, 1.165) is 24.8 Å². The normalized spacial score (nSPS) is 14.6. The molecule has 1 aliphatic carbocycles. The van der Waals surface area contributed by atoms with Crippen molar-refractivity contribution in [3.05, 3.63) is 22.9 Å². The van der Waals surface area contributed by atoms with E-state index in [0.29, 0.717) is 11.4 Å². The second kappa shape index (κ2) is 3.78. The van der Waals surface area contributed by atoms with Gasteiger partial charge in [0.1, 0.15) is 0 Å². The molecule has 0 bridgehead atoms. The Morgan fingerprint density at radius 1 is 1.43 bits per heavy atom. The summed E-state index contributed by atoms with van der Waals surface area (Å²) in [7, 11) is 1.55. The van der Waals surface area contributed by atoms with Gasteiger partial charge in [-0.2, -0.15) is 0 Å². The SMILES string of the molecule is COc1nc2c(cc1C=O)CCCC2. The minimum Gasteiger partial charge on any atom is -0.480 e. The van der Waals surface area contributed by atoms with Gasteiger partial charge in [-0.05, 0) is 37.3 Å². The molecule has 0 saturated carbocycles. The third-order valence-corrected chi connectivity index (χ3v) is 2.61.